The highest BCUT2D eigenvalue weighted by molar-refractivity contribution is 5.97. The quantitative estimate of drug-likeness (QED) is 0.816. The first kappa shape index (κ1) is 10.9. The van der Waals surface area contributed by atoms with Gasteiger partial charge in [-0.2, -0.15) is 0 Å². The summed E-state index contributed by atoms with van der Waals surface area (Å²) in [6.07, 6.45) is 7.77. The molecule has 1 aliphatic rings. The number of carbonyl (C=O) groups excluding carboxylic acids is 1. The molecule has 0 atom stereocenters. The van der Waals surface area contributed by atoms with Crippen molar-refractivity contribution >= 4 is 11.7 Å². The fourth-order valence-corrected chi connectivity index (χ4v) is 2.16. The molecule has 4 heteroatoms. The van der Waals surface area contributed by atoms with E-state index in [4.69, 9.17) is 5.73 Å². The van der Waals surface area contributed by atoms with E-state index >= 15 is 0 Å². The maximum Gasteiger partial charge on any atom is 0.252 e. The molecule has 16 heavy (non-hydrogen) atoms. The average Bonchev–Trinajstić information content (AvgIpc) is 2.31. The monoisotopic (exact) mass is 219 g/mol. The first-order chi connectivity index (χ1) is 7.77. The summed E-state index contributed by atoms with van der Waals surface area (Å²) >= 11 is 0. The number of aromatic nitrogens is 1. The molecule has 3 N–H and O–H groups in total. The Kier molecular flexibility index (Phi) is 3.39. The summed E-state index contributed by atoms with van der Waals surface area (Å²) in [7, 11) is 0. The molecule has 0 aromatic carbocycles. The molecule has 0 radical (unpaired) electrons. The van der Waals surface area contributed by atoms with Gasteiger partial charge in [0.05, 0.1) is 5.56 Å². The highest BCUT2D eigenvalue weighted by Gasteiger charge is 2.16. The van der Waals surface area contributed by atoms with E-state index < -0.39 is 5.91 Å². The van der Waals surface area contributed by atoms with Gasteiger partial charge in [-0.3, -0.25) is 4.79 Å². The standard InChI is InChI=1S/C12H17N3O/c13-11(16)10-7-4-8-14-12(10)15-9-5-2-1-3-6-9/h4,7-9H,1-3,5-6H2,(H2,13,16)(H,14,15). The van der Waals surface area contributed by atoms with Crippen LogP contribution in [0.15, 0.2) is 18.3 Å². The minimum Gasteiger partial charge on any atom is -0.367 e. The van der Waals surface area contributed by atoms with E-state index in [0.29, 0.717) is 17.4 Å². The molecule has 2 rings (SSSR count). The second kappa shape index (κ2) is 4.96. The van der Waals surface area contributed by atoms with E-state index in [0.717, 1.165) is 12.8 Å². The fraction of sp³-hybridized carbons (Fsp3) is 0.500. The van der Waals surface area contributed by atoms with E-state index in [-0.39, 0.29) is 0 Å². The summed E-state index contributed by atoms with van der Waals surface area (Å²) < 4.78 is 0. The van der Waals surface area contributed by atoms with Crippen LogP contribution in [0.5, 0.6) is 0 Å². The predicted molar refractivity (Wildman–Crippen MR) is 63.3 cm³/mol. The Morgan fingerprint density at radius 1 is 1.38 bits per heavy atom. The van der Waals surface area contributed by atoms with Crippen molar-refractivity contribution in [2.75, 3.05) is 5.32 Å². The van der Waals surface area contributed by atoms with E-state index in [9.17, 15) is 4.79 Å². The van der Waals surface area contributed by atoms with Gasteiger partial charge < -0.3 is 11.1 Å². The van der Waals surface area contributed by atoms with Crippen LogP contribution in [0, 0.1) is 0 Å². The number of hydrogen-bond donors (Lipinski definition) is 2. The van der Waals surface area contributed by atoms with E-state index in [1.165, 1.54) is 19.3 Å². The second-order valence-corrected chi connectivity index (χ2v) is 4.24. The van der Waals surface area contributed by atoms with Gasteiger partial charge in [0.2, 0.25) is 0 Å². The van der Waals surface area contributed by atoms with Crippen LogP contribution >= 0.6 is 0 Å². The third-order valence-corrected chi connectivity index (χ3v) is 3.02. The number of primary amides is 1. The molecular formula is C12H17N3O. The average molecular weight is 219 g/mol. The van der Waals surface area contributed by atoms with Crippen LogP contribution in [0.2, 0.25) is 0 Å². The van der Waals surface area contributed by atoms with Crippen LogP contribution in [0.4, 0.5) is 5.82 Å². The summed E-state index contributed by atoms with van der Waals surface area (Å²) in [6, 6.07) is 3.87. The number of hydrogen-bond acceptors (Lipinski definition) is 3. The maximum atomic E-state index is 11.2. The van der Waals surface area contributed by atoms with E-state index in [1.807, 2.05) is 0 Å². The Morgan fingerprint density at radius 3 is 2.81 bits per heavy atom. The summed E-state index contributed by atoms with van der Waals surface area (Å²) in [5, 5.41) is 3.32. The van der Waals surface area contributed by atoms with Gasteiger partial charge >= 0.3 is 0 Å². The lowest BCUT2D eigenvalue weighted by Crippen LogP contribution is -2.25. The Morgan fingerprint density at radius 2 is 2.12 bits per heavy atom. The van der Waals surface area contributed by atoms with E-state index in [1.54, 1.807) is 18.3 Å². The van der Waals surface area contributed by atoms with Gasteiger partial charge in [0.25, 0.3) is 5.91 Å². The number of nitrogens with one attached hydrogen (secondary N) is 1. The zero-order chi connectivity index (χ0) is 11.4. The summed E-state index contributed by atoms with van der Waals surface area (Å²) in [5.74, 6) is 0.202. The Labute approximate surface area is 95.3 Å². The summed E-state index contributed by atoms with van der Waals surface area (Å²) in [4.78, 5) is 15.4. The number of pyridine rings is 1. The molecule has 1 saturated carbocycles. The molecule has 0 unspecified atom stereocenters. The summed E-state index contributed by atoms with van der Waals surface area (Å²) in [5.41, 5.74) is 5.78. The third-order valence-electron chi connectivity index (χ3n) is 3.02. The van der Waals surface area contributed by atoms with Crippen molar-refractivity contribution in [3.8, 4) is 0 Å². The van der Waals surface area contributed by atoms with Crippen LogP contribution in [0.1, 0.15) is 42.5 Å². The van der Waals surface area contributed by atoms with Gasteiger partial charge in [-0.25, -0.2) is 4.98 Å². The van der Waals surface area contributed by atoms with Gasteiger partial charge in [0.15, 0.2) is 0 Å². The normalized spacial score (nSPS) is 17.0. The Hall–Kier alpha value is -1.58. The van der Waals surface area contributed by atoms with E-state index in [2.05, 4.69) is 10.3 Å². The van der Waals surface area contributed by atoms with Crippen LogP contribution in [0.25, 0.3) is 0 Å². The smallest absolute Gasteiger partial charge is 0.252 e. The zero-order valence-corrected chi connectivity index (χ0v) is 9.28. The van der Waals surface area contributed by atoms with Crippen molar-refractivity contribution in [3.05, 3.63) is 23.9 Å². The number of amides is 1. The van der Waals surface area contributed by atoms with Gasteiger partial charge in [-0.15, -0.1) is 0 Å². The topological polar surface area (TPSA) is 68.0 Å². The van der Waals surface area contributed by atoms with Crippen LogP contribution in [0.3, 0.4) is 0 Å². The number of rotatable bonds is 3. The third kappa shape index (κ3) is 2.51. The van der Waals surface area contributed by atoms with Gasteiger partial charge in [0.1, 0.15) is 5.82 Å². The van der Waals surface area contributed by atoms with Gasteiger partial charge in [0, 0.05) is 12.2 Å². The van der Waals surface area contributed by atoms with Crippen molar-refractivity contribution in [2.24, 2.45) is 5.73 Å². The molecule has 1 heterocycles. The number of nitrogens with two attached hydrogens (primary N) is 1. The number of nitrogens with zero attached hydrogens (tertiary/aromatic N) is 1. The lowest BCUT2D eigenvalue weighted by Gasteiger charge is -2.23. The fourth-order valence-electron chi connectivity index (χ4n) is 2.16. The highest BCUT2D eigenvalue weighted by Crippen LogP contribution is 2.22. The molecule has 1 aliphatic carbocycles. The second-order valence-electron chi connectivity index (χ2n) is 4.24. The first-order valence-corrected chi connectivity index (χ1v) is 5.79. The maximum absolute atomic E-state index is 11.2. The lowest BCUT2D eigenvalue weighted by atomic mass is 9.95. The predicted octanol–water partition coefficient (Wildman–Crippen LogP) is 1.93. The van der Waals surface area contributed by atoms with Crippen molar-refractivity contribution in [1.29, 1.82) is 0 Å². The zero-order valence-electron chi connectivity index (χ0n) is 9.28. The van der Waals surface area contributed by atoms with Gasteiger partial charge in [-0.05, 0) is 25.0 Å². The molecule has 86 valence electrons. The molecule has 1 amide bonds. The highest BCUT2D eigenvalue weighted by atomic mass is 16.1. The van der Waals surface area contributed by atoms with Crippen molar-refractivity contribution < 1.29 is 4.79 Å². The SMILES string of the molecule is NC(=O)c1cccnc1NC1CCCCC1. The van der Waals surface area contributed by atoms with Crippen LogP contribution in [-0.4, -0.2) is 16.9 Å². The first-order valence-electron chi connectivity index (χ1n) is 5.79. The molecule has 4 nitrogen and oxygen atoms in total. The summed E-state index contributed by atoms with van der Waals surface area (Å²) in [6.45, 7) is 0. The van der Waals surface area contributed by atoms with Crippen molar-refractivity contribution in [3.63, 3.8) is 0 Å². The molecule has 1 fully saturated rings. The Bertz CT molecular complexity index is 372. The minimum absolute atomic E-state index is 0.425. The molecular weight excluding hydrogens is 202 g/mol. The van der Waals surface area contributed by atoms with Crippen molar-refractivity contribution in [2.45, 2.75) is 38.1 Å². The van der Waals surface area contributed by atoms with Gasteiger partial charge in [-0.1, -0.05) is 19.3 Å². The van der Waals surface area contributed by atoms with Crippen LogP contribution in [-0.2, 0) is 0 Å². The molecule has 0 saturated heterocycles. The molecule has 0 aliphatic heterocycles. The van der Waals surface area contributed by atoms with Crippen LogP contribution < -0.4 is 11.1 Å². The molecule has 0 spiro atoms. The largest absolute Gasteiger partial charge is 0.367 e. The number of anilines is 1. The van der Waals surface area contributed by atoms with Crippen molar-refractivity contribution in [1.82, 2.24) is 4.98 Å². The minimum atomic E-state index is -0.425. The number of carbonyl (C=O) groups is 1. The molecule has 1 aromatic heterocycles. The lowest BCUT2D eigenvalue weighted by molar-refractivity contribution is 0.100. The Balaban J connectivity index is 2.10. The molecule has 0 bridgehead atoms. The molecule has 1 aromatic rings.